The first-order chi connectivity index (χ1) is 14.3. The molecule has 0 spiro atoms. The Morgan fingerprint density at radius 2 is 1.53 bits per heavy atom. The molecule has 2 rings (SSSR count). The van der Waals surface area contributed by atoms with E-state index in [1.54, 1.807) is 24.3 Å². The van der Waals surface area contributed by atoms with Gasteiger partial charge in [0.05, 0.1) is 6.61 Å². The van der Waals surface area contributed by atoms with E-state index in [0.717, 1.165) is 19.3 Å². The highest BCUT2D eigenvalue weighted by atomic mass is 16.5. The zero-order valence-corrected chi connectivity index (χ0v) is 18.5. The first kappa shape index (κ1) is 23.8. The molecule has 0 saturated heterocycles. The van der Waals surface area contributed by atoms with Crippen molar-refractivity contribution in [2.75, 3.05) is 6.61 Å². The molecule has 1 N–H and O–H groups in total. The van der Waals surface area contributed by atoms with E-state index in [9.17, 15) is 19.5 Å². The minimum atomic E-state index is -0.686. The minimum Gasteiger partial charge on any atom is -0.507 e. The summed E-state index contributed by atoms with van der Waals surface area (Å²) in [5, 5.41) is 10.6. The first-order valence-corrected chi connectivity index (χ1v) is 11.0. The summed E-state index contributed by atoms with van der Waals surface area (Å²) in [5.74, 6) is -1.69. The molecular formula is C25H34O5. The van der Waals surface area contributed by atoms with E-state index >= 15 is 0 Å². The maximum Gasteiger partial charge on any atom is 0.305 e. The third kappa shape index (κ3) is 6.54. The normalized spacial score (nSPS) is 14.1. The molecule has 0 bridgehead atoms. The molecule has 0 unspecified atom stereocenters. The van der Waals surface area contributed by atoms with Crippen molar-refractivity contribution in [3.8, 4) is 0 Å². The van der Waals surface area contributed by atoms with Gasteiger partial charge in [-0.3, -0.25) is 14.4 Å². The van der Waals surface area contributed by atoms with E-state index in [4.69, 9.17) is 4.74 Å². The van der Waals surface area contributed by atoms with Gasteiger partial charge < -0.3 is 9.84 Å². The first-order valence-electron chi connectivity index (χ1n) is 11.0. The van der Waals surface area contributed by atoms with Crippen LogP contribution in [0.4, 0.5) is 0 Å². The highest BCUT2D eigenvalue weighted by molar-refractivity contribution is 6.52. The van der Waals surface area contributed by atoms with Crippen molar-refractivity contribution >= 4 is 23.3 Å². The molecule has 5 heteroatoms. The number of benzene rings is 1. The predicted octanol–water partition coefficient (Wildman–Crippen LogP) is 5.82. The second-order valence-electron chi connectivity index (χ2n) is 8.90. The smallest absolute Gasteiger partial charge is 0.305 e. The lowest BCUT2D eigenvalue weighted by atomic mass is 9.79. The molecule has 1 aromatic carbocycles. The third-order valence-electron chi connectivity index (χ3n) is 5.46. The number of carbonyl (C=O) groups excluding carboxylic acids is 3. The number of allylic oxidation sites excluding steroid dienone is 1. The largest absolute Gasteiger partial charge is 0.507 e. The Balaban J connectivity index is 1.85. The van der Waals surface area contributed by atoms with Gasteiger partial charge in [0.1, 0.15) is 5.76 Å². The Hall–Kier alpha value is -2.43. The number of hydrogen-bond donors (Lipinski definition) is 1. The van der Waals surface area contributed by atoms with Crippen molar-refractivity contribution in [3.05, 3.63) is 41.0 Å². The highest BCUT2D eigenvalue weighted by Gasteiger charge is 2.36. The van der Waals surface area contributed by atoms with Crippen molar-refractivity contribution in [1.29, 1.82) is 0 Å². The molecule has 0 atom stereocenters. The zero-order chi connectivity index (χ0) is 22.1. The molecule has 30 heavy (non-hydrogen) atoms. The number of esters is 1. The van der Waals surface area contributed by atoms with Gasteiger partial charge in [0.2, 0.25) is 11.6 Å². The van der Waals surface area contributed by atoms with Gasteiger partial charge >= 0.3 is 5.97 Å². The molecular weight excluding hydrogens is 380 g/mol. The Kier molecular flexibility index (Phi) is 8.82. The van der Waals surface area contributed by atoms with Crippen LogP contribution in [0, 0.1) is 5.41 Å². The minimum absolute atomic E-state index is 0.0897. The number of rotatable bonds is 12. The van der Waals surface area contributed by atoms with E-state index in [-0.39, 0.29) is 35.9 Å². The number of aliphatic hydroxyl groups excluding tert-OH is 1. The standard InChI is InChI=1S/C25H34O5/c1-4-5-6-7-8-9-10-15-21(26)30-17-25(2,3)16-20-22(27)18-13-11-12-14-19(18)23(28)24(20)29/h11-14,27H,4-10,15-17H2,1-3H3. The molecule has 164 valence electrons. The van der Waals surface area contributed by atoms with Crippen LogP contribution in [0.5, 0.6) is 0 Å². The van der Waals surface area contributed by atoms with Gasteiger partial charge in [-0.1, -0.05) is 83.6 Å². The van der Waals surface area contributed by atoms with Gasteiger partial charge in [-0.25, -0.2) is 0 Å². The average Bonchev–Trinajstić information content (AvgIpc) is 2.73. The molecule has 1 aliphatic carbocycles. The van der Waals surface area contributed by atoms with Crippen LogP contribution in [0.25, 0.3) is 5.76 Å². The van der Waals surface area contributed by atoms with E-state index in [1.165, 1.54) is 25.7 Å². The fraction of sp³-hybridized carbons (Fsp3) is 0.560. The molecule has 0 aliphatic heterocycles. The number of unbranched alkanes of at least 4 members (excludes halogenated alkanes) is 6. The summed E-state index contributed by atoms with van der Waals surface area (Å²) in [7, 11) is 0. The van der Waals surface area contributed by atoms with Gasteiger partial charge in [-0.05, 0) is 12.8 Å². The van der Waals surface area contributed by atoms with Crippen LogP contribution in [0.2, 0.25) is 0 Å². The molecule has 0 radical (unpaired) electrons. The van der Waals surface area contributed by atoms with E-state index in [2.05, 4.69) is 6.92 Å². The lowest BCUT2D eigenvalue weighted by Gasteiger charge is -2.27. The third-order valence-corrected chi connectivity index (χ3v) is 5.46. The SMILES string of the molecule is CCCCCCCCCC(=O)OCC(C)(C)CC1=C(O)c2ccccc2C(=O)C1=O. The van der Waals surface area contributed by atoms with Crippen LogP contribution in [-0.2, 0) is 14.3 Å². The number of Topliss-reactive ketones (excluding diaryl/α,β-unsaturated/α-hetero) is 2. The van der Waals surface area contributed by atoms with Crippen LogP contribution >= 0.6 is 0 Å². The van der Waals surface area contributed by atoms with Crippen LogP contribution < -0.4 is 0 Å². The number of ketones is 2. The predicted molar refractivity (Wildman–Crippen MR) is 117 cm³/mol. The summed E-state index contributed by atoms with van der Waals surface area (Å²) < 4.78 is 5.42. The number of hydrogen-bond acceptors (Lipinski definition) is 5. The number of carbonyl (C=O) groups is 3. The van der Waals surface area contributed by atoms with Gasteiger partial charge in [0.25, 0.3) is 0 Å². The molecule has 0 aromatic heterocycles. The molecule has 1 aromatic rings. The van der Waals surface area contributed by atoms with Crippen molar-refractivity contribution in [3.63, 3.8) is 0 Å². The summed E-state index contributed by atoms with van der Waals surface area (Å²) in [6.45, 7) is 6.03. The lowest BCUT2D eigenvalue weighted by Crippen LogP contribution is -2.29. The summed E-state index contributed by atoms with van der Waals surface area (Å²) in [6, 6.07) is 6.55. The molecule has 5 nitrogen and oxygen atoms in total. The van der Waals surface area contributed by atoms with Crippen LogP contribution in [0.15, 0.2) is 29.8 Å². The van der Waals surface area contributed by atoms with E-state index < -0.39 is 17.0 Å². The highest BCUT2D eigenvalue weighted by Crippen LogP contribution is 2.35. The van der Waals surface area contributed by atoms with Crippen molar-refractivity contribution in [2.45, 2.75) is 78.6 Å². The molecule has 0 amide bonds. The molecule has 0 heterocycles. The number of fused-ring (bicyclic) bond motifs is 1. The van der Waals surface area contributed by atoms with Gasteiger partial charge in [0, 0.05) is 28.5 Å². The number of ether oxygens (including phenoxy) is 1. The van der Waals surface area contributed by atoms with Gasteiger partial charge in [0.15, 0.2) is 0 Å². The van der Waals surface area contributed by atoms with Crippen molar-refractivity contribution in [2.24, 2.45) is 5.41 Å². The average molecular weight is 415 g/mol. The quantitative estimate of drug-likeness (QED) is 0.265. The van der Waals surface area contributed by atoms with E-state index in [0.29, 0.717) is 12.0 Å². The topological polar surface area (TPSA) is 80.7 Å². The maximum atomic E-state index is 12.5. The fourth-order valence-corrected chi connectivity index (χ4v) is 3.69. The van der Waals surface area contributed by atoms with Crippen LogP contribution in [-0.4, -0.2) is 29.2 Å². The van der Waals surface area contributed by atoms with E-state index in [1.807, 2.05) is 13.8 Å². The van der Waals surface area contributed by atoms with Gasteiger partial charge in [-0.2, -0.15) is 0 Å². The second-order valence-corrected chi connectivity index (χ2v) is 8.90. The summed E-state index contributed by atoms with van der Waals surface area (Å²) >= 11 is 0. The summed E-state index contributed by atoms with van der Waals surface area (Å²) in [5.41, 5.74) is 0.111. The monoisotopic (exact) mass is 414 g/mol. The number of aliphatic hydroxyl groups is 1. The van der Waals surface area contributed by atoms with Crippen LogP contribution in [0.3, 0.4) is 0 Å². The molecule has 0 saturated carbocycles. The maximum absolute atomic E-state index is 12.5. The second kappa shape index (κ2) is 11.1. The van der Waals surface area contributed by atoms with Crippen LogP contribution in [0.1, 0.15) is 94.5 Å². The Morgan fingerprint density at radius 1 is 0.933 bits per heavy atom. The lowest BCUT2D eigenvalue weighted by molar-refractivity contribution is -0.146. The Labute approximate surface area is 179 Å². The van der Waals surface area contributed by atoms with Gasteiger partial charge in [-0.15, -0.1) is 0 Å². The Bertz CT molecular complexity index is 804. The molecule has 1 aliphatic rings. The fourth-order valence-electron chi connectivity index (χ4n) is 3.69. The Morgan fingerprint density at radius 3 is 2.20 bits per heavy atom. The zero-order valence-electron chi connectivity index (χ0n) is 18.5. The van der Waals surface area contributed by atoms with Crippen molar-refractivity contribution < 1.29 is 24.2 Å². The molecule has 0 fully saturated rings. The summed E-state index contributed by atoms with van der Waals surface area (Å²) in [6.07, 6.45) is 8.49. The summed E-state index contributed by atoms with van der Waals surface area (Å²) in [4.78, 5) is 36.9. The van der Waals surface area contributed by atoms with Crippen molar-refractivity contribution in [1.82, 2.24) is 0 Å².